The Labute approximate surface area is 179 Å². The molecule has 2 N–H and O–H groups in total. The van der Waals surface area contributed by atoms with Crippen LogP contribution in [0, 0.1) is 6.92 Å². The van der Waals surface area contributed by atoms with Crippen molar-refractivity contribution in [3.8, 4) is 5.82 Å². The van der Waals surface area contributed by atoms with Gasteiger partial charge in [-0.2, -0.15) is 0 Å². The number of aromatic nitrogens is 3. The number of hydrogen-bond acceptors (Lipinski definition) is 3. The van der Waals surface area contributed by atoms with Crippen LogP contribution in [-0.4, -0.2) is 34.1 Å². The second kappa shape index (κ2) is 10.6. The molecule has 0 aliphatic heterocycles. The summed E-state index contributed by atoms with van der Waals surface area (Å²) >= 11 is 0. The van der Waals surface area contributed by atoms with Gasteiger partial charge in [-0.1, -0.05) is 44.2 Å². The molecule has 0 bridgehead atoms. The molecule has 0 fully saturated rings. The van der Waals surface area contributed by atoms with E-state index in [0.29, 0.717) is 12.5 Å². The largest absolute Gasteiger partial charge is 0.356 e. The van der Waals surface area contributed by atoms with Gasteiger partial charge in [0.05, 0.1) is 0 Å². The molecule has 0 unspecified atom stereocenters. The predicted molar refractivity (Wildman–Crippen MR) is 123 cm³/mol. The molecule has 0 amide bonds. The molecular weight excluding hydrogens is 372 g/mol. The fourth-order valence-corrected chi connectivity index (χ4v) is 3.26. The van der Waals surface area contributed by atoms with Crippen LogP contribution in [0.25, 0.3) is 5.82 Å². The third-order valence-corrected chi connectivity index (χ3v) is 5.15. The zero-order valence-electron chi connectivity index (χ0n) is 18.4. The summed E-state index contributed by atoms with van der Waals surface area (Å²) in [6.07, 6.45) is 7.70. The van der Waals surface area contributed by atoms with Crippen LogP contribution in [0.5, 0.6) is 0 Å². The van der Waals surface area contributed by atoms with Crippen LogP contribution in [-0.2, 0) is 13.0 Å². The Bertz CT molecular complexity index is 939. The van der Waals surface area contributed by atoms with Crippen LogP contribution in [0.4, 0.5) is 0 Å². The lowest BCUT2D eigenvalue weighted by molar-refractivity contribution is 0.740. The summed E-state index contributed by atoms with van der Waals surface area (Å²) in [5, 5.41) is 6.74. The van der Waals surface area contributed by atoms with Crippen molar-refractivity contribution in [2.45, 2.75) is 46.1 Å². The summed E-state index contributed by atoms with van der Waals surface area (Å²) in [5.74, 6) is 3.18. The summed E-state index contributed by atoms with van der Waals surface area (Å²) < 4.78 is 1.97. The monoisotopic (exact) mass is 404 g/mol. The van der Waals surface area contributed by atoms with Gasteiger partial charge in [0.1, 0.15) is 11.6 Å². The first kappa shape index (κ1) is 21.6. The Balaban J connectivity index is 1.41. The van der Waals surface area contributed by atoms with Crippen molar-refractivity contribution < 1.29 is 0 Å². The van der Waals surface area contributed by atoms with Crippen LogP contribution >= 0.6 is 0 Å². The van der Waals surface area contributed by atoms with Gasteiger partial charge in [0.15, 0.2) is 5.96 Å². The highest BCUT2D eigenvalue weighted by Crippen LogP contribution is 2.15. The van der Waals surface area contributed by atoms with Crippen LogP contribution in [0.1, 0.15) is 48.7 Å². The number of nitrogens with one attached hydrogen (secondary N) is 2. The van der Waals surface area contributed by atoms with E-state index in [1.807, 2.05) is 30.0 Å². The molecule has 0 saturated carbocycles. The van der Waals surface area contributed by atoms with Crippen LogP contribution in [0.3, 0.4) is 0 Å². The Morgan fingerprint density at radius 2 is 1.80 bits per heavy atom. The van der Waals surface area contributed by atoms with E-state index in [2.05, 4.69) is 69.8 Å². The maximum Gasteiger partial charge on any atom is 0.191 e. The van der Waals surface area contributed by atoms with E-state index < -0.39 is 0 Å². The number of imidazole rings is 1. The molecular formula is C24H32N6. The lowest BCUT2D eigenvalue weighted by atomic mass is 10.0. The molecule has 0 aliphatic carbocycles. The third kappa shape index (κ3) is 5.92. The average Bonchev–Trinajstić information content (AvgIpc) is 3.20. The number of rotatable bonds is 8. The zero-order valence-corrected chi connectivity index (χ0v) is 18.4. The Kier molecular flexibility index (Phi) is 7.60. The van der Waals surface area contributed by atoms with Crippen molar-refractivity contribution in [2.24, 2.45) is 4.99 Å². The SMILES string of the molecule is CN=C(NCCCc1ccc(C(C)C)cc1)NCc1ccc(-n2ccnc2C)nc1. The lowest BCUT2D eigenvalue weighted by Gasteiger charge is -2.12. The molecule has 3 rings (SSSR count). The summed E-state index contributed by atoms with van der Waals surface area (Å²) in [7, 11) is 1.79. The molecule has 0 saturated heterocycles. The first-order valence-electron chi connectivity index (χ1n) is 10.6. The van der Waals surface area contributed by atoms with E-state index in [1.165, 1.54) is 11.1 Å². The second-order valence-corrected chi connectivity index (χ2v) is 7.72. The van der Waals surface area contributed by atoms with Crippen molar-refractivity contribution in [1.82, 2.24) is 25.2 Å². The standard InChI is InChI=1S/C24H32N6/c1-18(2)22-10-7-20(8-11-22)6-5-13-27-24(25-4)29-17-21-9-12-23(28-16-21)30-15-14-26-19(30)3/h7-12,14-16,18H,5-6,13,17H2,1-4H3,(H2,25,27,29). The third-order valence-electron chi connectivity index (χ3n) is 5.15. The molecule has 6 heteroatoms. The van der Waals surface area contributed by atoms with Gasteiger partial charge in [-0.15, -0.1) is 0 Å². The molecule has 0 radical (unpaired) electrons. The molecule has 2 heterocycles. The fourth-order valence-electron chi connectivity index (χ4n) is 3.26. The molecule has 3 aromatic rings. The van der Waals surface area contributed by atoms with E-state index in [0.717, 1.165) is 42.6 Å². The molecule has 6 nitrogen and oxygen atoms in total. The van der Waals surface area contributed by atoms with E-state index in [4.69, 9.17) is 0 Å². The molecule has 0 atom stereocenters. The van der Waals surface area contributed by atoms with Crippen molar-refractivity contribution in [2.75, 3.05) is 13.6 Å². The van der Waals surface area contributed by atoms with Gasteiger partial charge >= 0.3 is 0 Å². The summed E-state index contributed by atoms with van der Waals surface area (Å²) in [4.78, 5) is 13.1. The summed E-state index contributed by atoms with van der Waals surface area (Å²) in [5.41, 5.74) is 3.87. The number of aliphatic imine (C=N–C) groups is 1. The van der Waals surface area contributed by atoms with E-state index in [9.17, 15) is 0 Å². The Morgan fingerprint density at radius 3 is 2.40 bits per heavy atom. The number of nitrogens with zero attached hydrogens (tertiary/aromatic N) is 4. The molecule has 1 aromatic carbocycles. The number of benzene rings is 1. The fraction of sp³-hybridized carbons (Fsp3) is 0.375. The van der Waals surface area contributed by atoms with Crippen LogP contribution < -0.4 is 10.6 Å². The number of hydrogen-bond donors (Lipinski definition) is 2. The molecule has 158 valence electrons. The minimum absolute atomic E-state index is 0.580. The van der Waals surface area contributed by atoms with Gasteiger partial charge in [0, 0.05) is 38.7 Å². The molecule has 2 aromatic heterocycles. The Hall–Kier alpha value is -3.15. The maximum absolute atomic E-state index is 4.53. The molecule has 0 spiro atoms. The zero-order chi connectivity index (χ0) is 21.3. The van der Waals surface area contributed by atoms with Crippen molar-refractivity contribution in [3.05, 3.63) is 77.5 Å². The number of guanidine groups is 1. The first-order valence-corrected chi connectivity index (χ1v) is 10.6. The lowest BCUT2D eigenvalue weighted by Crippen LogP contribution is -2.37. The predicted octanol–water partition coefficient (Wildman–Crippen LogP) is 4.00. The van der Waals surface area contributed by atoms with Gasteiger partial charge in [0.2, 0.25) is 0 Å². The van der Waals surface area contributed by atoms with Gasteiger partial charge in [-0.25, -0.2) is 9.97 Å². The molecule has 0 aliphatic rings. The molecule has 30 heavy (non-hydrogen) atoms. The highest BCUT2D eigenvalue weighted by Gasteiger charge is 2.03. The first-order chi connectivity index (χ1) is 14.6. The van der Waals surface area contributed by atoms with Crippen molar-refractivity contribution in [3.63, 3.8) is 0 Å². The van der Waals surface area contributed by atoms with E-state index >= 15 is 0 Å². The van der Waals surface area contributed by atoms with Gasteiger partial charge < -0.3 is 10.6 Å². The van der Waals surface area contributed by atoms with E-state index in [-0.39, 0.29) is 0 Å². The van der Waals surface area contributed by atoms with Crippen LogP contribution in [0.2, 0.25) is 0 Å². The average molecular weight is 405 g/mol. The second-order valence-electron chi connectivity index (χ2n) is 7.72. The van der Waals surface area contributed by atoms with Crippen LogP contribution in [0.15, 0.2) is 60.0 Å². The smallest absolute Gasteiger partial charge is 0.191 e. The maximum atomic E-state index is 4.53. The number of aryl methyl sites for hydroxylation is 2. The Morgan fingerprint density at radius 1 is 1.03 bits per heavy atom. The number of pyridine rings is 1. The summed E-state index contributed by atoms with van der Waals surface area (Å²) in [6, 6.07) is 13.0. The van der Waals surface area contributed by atoms with Crippen molar-refractivity contribution >= 4 is 5.96 Å². The quantitative estimate of drug-likeness (QED) is 0.338. The van der Waals surface area contributed by atoms with Gasteiger partial charge in [-0.05, 0) is 48.4 Å². The highest BCUT2D eigenvalue weighted by atomic mass is 15.2. The van der Waals surface area contributed by atoms with Gasteiger partial charge in [0.25, 0.3) is 0 Å². The topological polar surface area (TPSA) is 67.1 Å². The minimum Gasteiger partial charge on any atom is -0.356 e. The van der Waals surface area contributed by atoms with Gasteiger partial charge in [-0.3, -0.25) is 9.56 Å². The normalized spacial score (nSPS) is 11.7. The highest BCUT2D eigenvalue weighted by molar-refractivity contribution is 5.79. The minimum atomic E-state index is 0.580. The summed E-state index contributed by atoms with van der Waals surface area (Å²) in [6.45, 7) is 7.97. The van der Waals surface area contributed by atoms with E-state index in [1.54, 1.807) is 13.2 Å². The van der Waals surface area contributed by atoms with Crippen molar-refractivity contribution in [1.29, 1.82) is 0 Å².